The van der Waals surface area contributed by atoms with Gasteiger partial charge in [0, 0.05) is 0 Å². The third-order valence-corrected chi connectivity index (χ3v) is 4.21. The Morgan fingerprint density at radius 1 is 0.789 bits per heavy atom. The minimum Gasteiger partial charge on any atom is -0.388 e. The summed E-state index contributed by atoms with van der Waals surface area (Å²) in [4.78, 5) is 0. The van der Waals surface area contributed by atoms with Gasteiger partial charge >= 0.3 is 0 Å². The van der Waals surface area contributed by atoms with Gasteiger partial charge in [-0.05, 0) is 35.4 Å². The van der Waals surface area contributed by atoms with E-state index in [0.717, 1.165) is 5.56 Å². The highest BCUT2D eigenvalue weighted by Gasteiger charge is 2.24. The molecule has 0 aromatic heterocycles. The number of rotatable bonds is 3. The molecule has 0 saturated heterocycles. The summed E-state index contributed by atoms with van der Waals surface area (Å²) >= 11 is 0. The van der Waals surface area contributed by atoms with Crippen LogP contribution in [-0.2, 0) is 0 Å². The summed E-state index contributed by atoms with van der Waals surface area (Å²) in [5, 5.41) is 10.4. The third-order valence-electron chi connectivity index (χ3n) is 4.21. The zero-order valence-electron chi connectivity index (χ0n) is 11.1. The van der Waals surface area contributed by atoms with E-state index in [1.165, 1.54) is 36.8 Å². The molecule has 1 fully saturated rings. The van der Waals surface area contributed by atoms with Crippen molar-refractivity contribution in [1.82, 2.24) is 0 Å². The highest BCUT2D eigenvalue weighted by molar-refractivity contribution is 5.63. The molecule has 1 aliphatic rings. The summed E-state index contributed by atoms with van der Waals surface area (Å²) in [5.74, 6) is 0.461. The van der Waals surface area contributed by atoms with Crippen LogP contribution in [0.1, 0.15) is 37.4 Å². The SMILES string of the molecule is OC(c1ccc(-c2ccccc2)cc1)C1CCCC1. The maximum atomic E-state index is 10.4. The Kier molecular flexibility index (Phi) is 3.65. The van der Waals surface area contributed by atoms with Crippen molar-refractivity contribution in [2.75, 3.05) is 0 Å². The van der Waals surface area contributed by atoms with Crippen molar-refractivity contribution in [1.29, 1.82) is 0 Å². The molecule has 1 atom stereocenters. The lowest BCUT2D eigenvalue weighted by molar-refractivity contribution is 0.111. The average molecular weight is 252 g/mol. The van der Waals surface area contributed by atoms with E-state index in [1.807, 2.05) is 6.07 Å². The normalized spacial score (nSPS) is 17.5. The summed E-state index contributed by atoms with van der Waals surface area (Å²) in [7, 11) is 0. The van der Waals surface area contributed by atoms with Gasteiger partial charge in [-0.3, -0.25) is 0 Å². The maximum Gasteiger partial charge on any atom is 0.0818 e. The van der Waals surface area contributed by atoms with Gasteiger partial charge in [0.2, 0.25) is 0 Å². The summed E-state index contributed by atoms with van der Waals surface area (Å²) in [5.41, 5.74) is 3.50. The first-order valence-electron chi connectivity index (χ1n) is 7.18. The van der Waals surface area contributed by atoms with Crippen molar-refractivity contribution in [3.63, 3.8) is 0 Å². The van der Waals surface area contributed by atoms with Crippen molar-refractivity contribution in [3.8, 4) is 11.1 Å². The fraction of sp³-hybridized carbons (Fsp3) is 0.333. The first kappa shape index (κ1) is 12.4. The number of benzene rings is 2. The molecular weight excluding hydrogens is 232 g/mol. The molecule has 2 aromatic carbocycles. The Morgan fingerprint density at radius 3 is 2.00 bits per heavy atom. The molecule has 1 nitrogen and oxygen atoms in total. The van der Waals surface area contributed by atoms with Gasteiger partial charge in [-0.2, -0.15) is 0 Å². The highest BCUT2D eigenvalue weighted by atomic mass is 16.3. The Morgan fingerprint density at radius 2 is 1.37 bits per heavy atom. The highest BCUT2D eigenvalue weighted by Crippen LogP contribution is 2.36. The summed E-state index contributed by atoms with van der Waals surface area (Å²) in [6.07, 6.45) is 4.59. The lowest BCUT2D eigenvalue weighted by atomic mass is 9.93. The topological polar surface area (TPSA) is 20.2 Å². The van der Waals surface area contributed by atoms with Crippen LogP contribution >= 0.6 is 0 Å². The molecule has 1 N–H and O–H groups in total. The molecule has 19 heavy (non-hydrogen) atoms. The molecule has 0 aliphatic heterocycles. The van der Waals surface area contributed by atoms with Gasteiger partial charge in [0.15, 0.2) is 0 Å². The fourth-order valence-electron chi connectivity index (χ4n) is 3.05. The molecule has 0 spiro atoms. The van der Waals surface area contributed by atoms with Crippen molar-refractivity contribution in [2.24, 2.45) is 5.92 Å². The van der Waals surface area contributed by atoms with Crippen LogP contribution in [0.4, 0.5) is 0 Å². The van der Waals surface area contributed by atoms with Gasteiger partial charge in [-0.15, -0.1) is 0 Å². The monoisotopic (exact) mass is 252 g/mol. The van der Waals surface area contributed by atoms with Crippen molar-refractivity contribution < 1.29 is 5.11 Å². The van der Waals surface area contributed by atoms with E-state index in [4.69, 9.17) is 0 Å². The van der Waals surface area contributed by atoms with Crippen LogP contribution in [0.5, 0.6) is 0 Å². The second kappa shape index (κ2) is 5.58. The molecule has 1 saturated carbocycles. The standard InChI is InChI=1S/C18H20O/c19-18(16-8-4-5-9-16)17-12-10-15(11-13-17)14-6-2-1-3-7-14/h1-3,6-7,10-13,16,18-19H,4-5,8-9H2. The van der Waals surface area contributed by atoms with Gasteiger partial charge in [-0.1, -0.05) is 67.4 Å². The van der Waals surface area contributed by atoms with Gasteiger partial charge in [-0.25, -0.2) is 0 Å². The predicted octanol–water partition coefficient (Wildman–Crippen LogP) is 4.58. The van der Waals surface area contributed by atoms with Crippen LogP contribution in [0.3, 0.4) is 0 Å². The fourth-order valence-corrected chi connectivity index (χ4v) is 3.05. The molecule has 0 amide bonds. The number of aliphatic hydroxyl groups excluding tert-OH is 1. The molecule has 2 aromatic rings. The van der Waals surface area contributed by atoms with Crippen molar-refractivity contribution in [2.45, 2.75) is 31.8 Å². The number of hydrogen-bond donors (Lipinski definition) is 1. The molecule has 1 aliphatic carbocycles. The Hall–Kier alpha value is -1.60. The summed E-state index contributed by atoms with van der Waals surface area (Å²) < 4.78 is 0. The third kappa shape index (κ3) is 2.71. The average Bonchev–Trinajstić information content (AvgIpc) is 3.02. The maximum absolute atomic E-state index is 10.4. The van der Waals surface area contributed by atoms with Gasteiger partial charge in [0.1, 0.15) is 0 Å². The summed E-state index contributed by atoms with van der Waals surface area (Å²) in [6.45, 7) is 0. The smallest absolute Gasteiger partial charge is 0.0818 e. The summed E-state index contributed by atoms with van der Waals surface area (Å²) in [6, 6.07) is 18.7. The molecular formula is C18H20O. The van der Waals surface area contributed by atoms with E-state index in [0.29, 0.717) is 5.92 Å². The van der Waals surface area contributed by atoms with Crippen LogP contribution in [-0.4, -0.2) is 5.11 Å². The minimum atomic E-state index is -0.285. The van der Waals surface area contributed by atoms with Crippen LogP contribution in [0.15, 0.2) is 54.6 Å². The zero-order chi connectivity index (χ0) is 13.1. The van der Waals surface area contributed by atoms with Crippen LogP contribution < -0.4 is 0 Å². The lowest BCUT2D eigenvalue weighted by Gasteiger charge is -2.18. The largest absolute Gasteiger partial charge is 0.388 e. The second-order valence-electron chi connectivity index (χ2n) is 5.48. The Labute approximate surface area is 114 Å². The number of hydrogen-bond acceptors (Lipinski definition) is 1. The van der Waals surface area contributed by atoms with E-state index >= 15 is 0 Å². The van der Waals surface area contributed by atoms with Crippen LogP contribution in [0.2, 0.25) is 0 Å². The molecule has 0 radical (unpaired) electrons. The van der Waals surface area contributed by atoms with E-state index in [1.54, 1.807) is 0 Å². The molecule has 0 bridgehead atoms. The Balaban J connectivity index is 1.79. The van der Waals surface area contributed by atoms with Gasteiger partial charge < -0.3 is 5.11 Å². The lowest BCUT2D eigenvalue weighted by Crippen LogP contribution is -2.08. The minimum absolute atomic E-state index is 0.285. The Bertz CT molecular complexity index is 509. The first-order chi connectivity index (χ1) is 9.34. The van der Waals surface area contributed by atoms with E-state index < -0.39 is 0 Å². The van der Waals surface area contributed by atoms with E-state index in [9.17, 15) is 5.11 Å². The number of aliphatic hydroxyl groups is 1. The van der Waals surface area contributed by atoms with E-state index in [2.05, 4.69) is 48.5 Å². The van der Waals surface area contributed by atoms with Crippen LogP contribution in [0.25, 0.3) is 11.1 Å². The molecule has 1 heteroatoms. The molecule has 0 heterocycles. The zero-order valence-corrected chi connectivity index (χ0v) is 11.1. The quantitative estimate of drug-likeness (QED) is 0.848. The molecule has 1 unspecified atom stereocenters. The van der Waals surface area contributed by atoms with Crippen molar-refractivity contribution in [3.05, 3.63) is 60.2 Å². The van der Waals surface area contributed by atoms with Crippen molar-refractivity contribution >= 4 is 0 Å². The second-order valence-corrected chi connectivity index (χ2v) is 5.48. The predicted molar refractivity (Wildman–Crippen MR) is 78.8 cm³/mol. The van der Waals surface area contributed by atoms with Gasteiger partial charge in [0.05, 0.1) is 6.10 Å². The van der Waals surface area contributed by atoms with E-state index in [-0.39, 0.29) is 6.10 Å². The van der Waals surface area contributed by atoms with Crippen LogP contribution in [0, 0.1) is 5.92 Å². The first-order valence-corrected chi connectivity index (χ1v) is 7.18. The molecule has 98 valence electrons. The van der Waals surface area contributed by atoms with Gasteiger partial charge in [0.25, 0.3) is 0 Å². The molecule has 3 rings (SSSR count).